The molecule has 0 radical (unpaired) electrons. The lowest BCUT2D eigenvalue weighted by molar-refractivity contribution is 0.285. The fraction of sp³-hybridized carbons (Fsp3) is 0.364. The Kier molecular flexibility index (Phi) is 4.36. The Balaban J connectivity index is 2.25. The first-order valence-electron chi connectivity index (χ1n) is 5.56. The minimum atomic E-state index is -3.59. The molecule has 0 amide bonds. The summed E-state index contributed by atoms with van der Waals surface area (Å²) in [6.07, 6.45) is 1.64. The third-order valence-electron chi connectivity index (χ3n) is 2.52. The molecule has 19 heavy (non-hydrogen) atoms. The zero-order chi connectivity index (χ0) is 14.0. The van der Waals surface area contributed by atoms with Crippen LogP contribution in [0.5, 0.6) is 0 Å². The van der Waals surface area contributed by atoms with Gasteiger partial charge in [-0.2, -0.15) is 0 Å². The Labute approximate surface area is 120 Å². The first-order valence-corrected chi connectivity index (χ1v) is 8.74. The zero-order valence-corrected chi connectivity index (χ0v) is 12.9. The maximum Gasteiger partial charge on any atom is 0.242 e. The smallest absolute Gasteiger partial charge is 0.242 e. The van der Waals surface area contributed by atoms with Crippen LogP contribution in [0, 0.1) is 6.92 Å². The maximum atomic E-state index is 12.3. The van der Waals surface area contributed by atoms with Crippen LogP contribution in [0.15, 0.2) is 22.5 Å². The molecule has 0 fully saturated rings. The van der Waals surface area contributed by atoms with Crippen LogP contribution < -0.4 is 4.72 Å². The number of hydrogen-bond acceptors (Lipinski definition) is 6. The topological polar surface area (TPSA) is 79.3 Å². The largest absolute Gasteiger partial charge is 0.391 e. The molecular formula is C11H14N2O3S3. The zero-order valence-electron chi connectivity index (χ0n) is 10.5. The fourth-order valence-electron chi connectivity index (χ4n) is 1.66. The van der Waals surface area contributed by atoms with Crippen molar-refractivity contribution in [2.75, 3.05) is 0 Å². The van der Waals surface area contributed by atoms with Gasteiger partial charge in [-0.05, 0) is 19.9 Å². The van der Waals surface area contributed by atoms with Gasteiger partial charge in [0.05, 0.1) is 17.5 Å². The molecule has 0 saturated heterocycles. The number of hydrogen-bond donors (Lipinski definition) is 2. The predicted molar refractivity (Wildman–Crippen MR) is 75.8 cm³/mol. The van der Waals surface area contributed by atoms with Crippen molar-refractivity contribution in [3.05, 3.63) is 32.4 Å². The standard InChI is InChI=1S/C11H14N2O3S3/c1-7(11-12-3-4-17-11)13-19(15,16)10-5-9(6-14)18-8(10)2/h3-5,7,13-14H,6H2,1-2H3. The number of aryl methyl sites for hydroxylation is 1. The molecule has 0 bridgehead atoms. The molecule has 104 valence electrons. The molecule has 5 nitrogen and oxygen atoms in total. The first kappa shape index (κ1) is 14.6. The quantitative estimate of drug-likeness (QED) is 0.884. The molecule has 1 unspecified atom stereocenters. The minimum Gasteiger partial charge on any atom is -0.391 e. The van der Waals surface area contributed by atoms with E-state index in [0.29, 0.717) is 9.75 Å². The van der Waals surface area contributed by atoms with E-state index in [0.717, 1.165) is 5.01 Å². The van der Waals surface area contributed by atoms with Gasteiger partial charge >= 0.3 is 0 Å². The summed E-state index contributed by atoms with van der Waals surface area (Å²) in [6.45, 7) is 3.33. The van der Waals surface area contributed by atoms with E-state index in [-0.39, 0.29) is 17.5 Å². The van der Waals surface area contributed by atoms with Crippen molar-refractivity contribution in [2.24, 2.45) is 0 Å². The number of thiophene rings is 1. The van der Waals surface area contributed by atoms with Crippen molar-refractivity contribution in [3.8, 4) is 0 Å². The molecule has 2 rings (SSSR count). The van der Waals surface area contributed by atoms with Crippen molar-refractivity contribution in [1.82, 2.24) is 9.71 Å². The summed E-state index contributed by atoms with van der Waals surface area (Å²) in [4.78, 5) is 5.63. The van der Waals surface area contributed by atoms with Gasteiger partial charge in [0.25, 0.3) is 0 Å². The third-order valence-corrected chi connectivity index (χ3v) is 6.31. The molecule has 0 aromatic carbocycles. The number of aromatic nitrogens is 1. The molecule has 2 aromatic heterocycles. The highest BCUT2D eigenvalue weighted by Crippen LogP contribution is 2.27. The van der Waals surface area contributed by atoms with Crippen LogP contribution in [-0.4, -0.2) is 18.5 Å². The van der Waals surface area contributed by atoms with Crippen LogP contribution in [0.3, 0.4) is 0 Å². The van der Waals surface area contributed by atoms with Crippen LogP contribution in [0.2, 0.25) is 0 Å². The van der Waals surface area contributed by atoms with Gasteiger partial charge < -0.3 is 5.11 Å². The predicted octanol–water partition coefficient (Wildman–Crippen LogP) is 2.04. The monoisotopic (exact) mass is 318 g/mol. The Morgan fingerprint density at radius 1 is 1.53 bits per heavy atom. The van der Waals surface area contributed by atoms with Crippen LogP contribution >= 0.6 is 22.7 Å². The van der Waals surface area contributed by atoms with Gasteiger partial charge in [0, 0.05) is 21.3 Å². The van der Waals surface area contributed by atoms with E-state index in [1.54, 1.807) is 25.4 Å². The maximum absolute atomic E-state index is 12.3. The Morgan fingerprint density at radius 3 is 2.79 bits per heavy atom. The number of aliphatic hydroxyl groups excluding tert-OH is 1. The second kappa shape index (κ2) is 5.68. The summed E-state index contributed by atoms with van der Waals surface area (Å²) < 4.78 is 27.2. The molecule has 0 aliphatic heterocycles. The number of rotatable bonds is 5. The molecule has 2 heterocycles. The van der Waals surface area contributed by atoms with Crippen molar-refractivity contribution >= 4 is 32.7 Å². The number of nitrogens with zero attached hydrogens (tertiary/aromatic N) is 1. The van der Waals surface area contributed by atoms with Crippen molar-refractivity contribution in [2.45, 2.75) is 31.4 Å². The fourth-order valence-corrected chi connectivity index (χ4v) is 5.09. The Morgan fingerprint density at radius 2 is 2.26 bits per heavy atom. The summed E-state index contributed by atoms with van der Waals surface area (Å²) in [7, 11) is -3.59. The van der Waals surface area contributed by atoms with Gasteiger partial charge in [-0.25, -0.2) is 18.1 Å². The van der Waals surface area contributed by atoms with E-state index in [2.05, 4.69) is 9.71 Å². The second-order valence-electron chi connectivity index (χ2n) is 4.00. The molecule has 1 atom stereocenters. The van der Waals surface area contributed by atoms with Crippen LogP contribution in [0.1, 0.15) is 27.7 Å². The summed E-state index contributed by atoms with van der Waals surface area (Å²) in [6, 6.07) is 1.14. The normalized spacial score (nSPS) is 13.6. The molecule has 0 aliphatic rings. The number of sulfonamides is 1. The highest BCUT2D eigenvalue weighted by Gasteiger charge is 2.23. The van der Waals surface area contributed by atoms with Gasteiger partial charge in [-0.1, -0.05) is 0 Å². The molecular weight excluding hydrogens is 304 g/mol. The van der Waals surface area contributed by atoms with E-state index >= 15 is 0 Å². The van der Waals surface area contributed by atoms with Crippen molar-refractivity contribution in [3.63, 3.8) is 0 Å². The highest BCUT2D eigenvalue weighted by molar-refractivity contribution is 7.89. The van der Waals surface area contributed by atoms with Gasteiger partial charge in [-0.15, -0.1) is 22.7 Å². The van der Waals surface area contributed by atoms with Gasteiger partial charge in [0.15, 0.2) is 0 Å². The van der Waals surface area contributed by atoms with Crippen LogP contribution in [0.4, 0.5) is 0 Å². The van der Waals surface area contributed by atoms with Gasteiger partial charge in [0.1, 0.15) is 5.01 Å². The summed E-state index contributed by atoms with van der Waals surface area (Å²) in [5, 5.41) is 11.6. The van der Waals surface area contributed by atoms with Crippen LogP contribution in [-0.2, 0) is 16.6 Å². The number of thiazole rings is 1. The van der Waals surface area contributed by atoms with Crippen LogP contribution in [0.25, 0.3) is 0 Å². The summed E-state index contributed by atoms with van der Waals surface area (Å²) >= 11 is 2.69. The number of aliphatic hydroxyl groups is 1. The van der Waals surface area contributed by atoms with E-state index in [1.807, 2.05) is 0 Å². The lowest BCUT2D eigenvalue weighted by Gasteiger charge is -2.11. The minimum absolute atomic E-state index is 0.150. The molecule has 2 aromatic rings. The van der Waals surface area contributed by atoms with Crippen molar-refractivity contribution < 1.29 is 13.5 Å². The van der Waals surface area contributed by atoms with Crippen molar-refractivity contribution in [1.29, 1.82) is 0 Å². The highest BCUT2D eigenvalue weighted by atomic mass is 32.2. The lowest BCUT2D eigenvalue weighted by Crippen LogP contribution is -2.26. The Hall–Kier alpha value is -0.800. The number of nitrogens with one attached hydrogen (secondary N) is 1. The molecule has 0 spiro atoms. The molecule has 2 N–H and O–H groups in total. The van der Waals surface area contributed by atoms with E-state index in [4.69, 9.17) is 5.11 Å². The summed E-state index contributed by atoms with van der Waals surface area (Å²) in [5.41, 5.74) is 0. The van der Waals surface area contributed by atoms with E-state index in [1.165, 1.54) is 28.7 Å². The molecule has 0 aliphatic carbocycles. The first-order chi connectivity index (χ1) is 8.94. The van der Waals surface area contributed by atoms with Gasteiger partial charge in [0.2, 0.25) is 10.0 Å². The average molecular weight is 318 g/mol. The second-order valence-corrected chi connectivity index (χ2v) is 7.95. The molecule has 0 saturated carbocycles. The van der Waals surface area contributed by atoms with Gasteiger partial charge in [-0.3, -0.25) is 0 Å². The molecule has 8 heteroatoms. The van der Waals surface area contributed by atoms with E-state index in [9.17, 15) is 8.42 Å². The Bertz CT molecular complexity index is 647. The third kappa shape index (κ3) is 3.21. The SMILES string of the molecule is Cc1sc(CO)cc1S(=O)(=O)NC(C)c1nccs1. The lowest BCUT2D eigenvalue weighted by atomic mass is 10.4. The summed E-state index contributed by atoms with van der Waals surface area (Å²) in [5.74, 6) is 0. The average Bonchev–Trinajstić information content (AvgIpc) is 2.96. The van der Waals surface area contributed by atoms with E-state index < -0.39 is 10.0 Å².